The maximum Gasteiger partial charge on any atom is 0.126 e. The molecule has 0 radical (unpaired) electrons. The molecule has 1 saturated heterocycles. The van der Waals surface area contributed by atoms with Crippen LogP contribution in [-0.2, 0) is 13.0 Å². The number of ether oxygens (including phenoxy) is 1. The summed E-state index contributed by atoms with van der Waals surface area (Å²) in [6.07, 6.45) is 1.98. The number of likely N-dealkylation sites (N-methyl/N-ethyl adjacent to an activating group) is 1. The maximum atomic E-state index is 13.6. The van der Waals surface area contributed by atoms with E-state index in [0.29, 0.717) is 12.4 Å². The molecule has 3 nitrogen and oxygen atoms in total. The second kappa shape index (κ2) is 8.97. The summed E-state index contributed by atoms with van der Waals surface area (Å²) in [6.45, 7) is 6.11. The monoisotopic (exact) mass is 342 g/mol. The number of aryl methyl sites for hydroxylation is 1. The van der Waals surface area contributed by atoms with Gasteiger partial charge in [-0.15, -0.1) is 0 Å². The van der Waals surface area contributed by atoms with Crippen LogP contribution in [-0.4, -0.2) is 49.6 Å². The number of benzene rings is 2. The van der Waals surface area contributed by atoms with E-state index < -0.39 is 0 Å². The smallest absolute Gasteiger partial charge is 0.126 e. The predicted molar refractivity (Wildman–Crippen MR) is 99.4 cm³/mol. The minimum Gasteiger partial charge on any atom is -0.489 e. The molecule has 4 heteroatoms. The van der Waals surface area contributed by atoms with E-state index in [9.17, 15) is 4.39 Å². The van der Waals surface area contributed by atoms with Gasteiger partial charge in [0, 0.05) is 32.2 Å². The molecule has 0 N–H and O–H groups in total. The summed E-state index contributed by atoms with van der Waals surface area (Å²) in [5.41, 5.74) is 2.18. The van der Waals surface area contributed by atoms with Gasteiger partial charge in [0.25, 0.3) is 0 Å². The van der Waals surface area contributed by atoms with E-state index in [1.807, 2.05) is 36.4 Å². The maximum absolute atomic E-state index is 13.6. The number of rotatable bonds is 7. The van der Waals surface area contributed by atoms with Crippen molar-refractivity contribution in [1.29, 1.82) is 0 Å². The fourth-order valence-electron chi connectivity index (χ4n) is 3.17. The standard InChI is InChI=1S/C21H27FN2O/c1-23-12-14-24(15-13-23)11-5-8-19-9-10-20(22)16-21(19)25-17-18-6-3-2-4-7-18/h2-4,6-7,9-10,16H,5,8,11-15,17H2,1H3. The van der Waals surface area contributed by atoms with Crippen LogP contribution in [0.4, 0.5) is 4.39 Å². The molecule has 0 saturated carbocycles. The summed E-state index contributed by atoms with van der Waals surface area (Å²) in [5, 5.41) is 0. The third kappa shape index (κ3) is 5.55. The fourth-order valence-corrected chi connectivity index (χ4v) is 3.17. The molecule has 1 fully saturated rings. The number of halogens is 1. The summed E-state index contributed by atoms with van der Waals surface area (Å²) >= 11 is 0. The van der Waals surface area contributed by atoms with Crippen molar-refractivity contribution in [2.75, 3.05) is 39.8 Å². The second-order valence-corrected chi connectivity index (χ2v) is 6.77. The highest BCUT2D eigenvalue weighted by Crippen LogP contribution is 2.23. The Kier molecular flexibility index (Phi) is 6.42. The largest absolute Gasteiger partial charge is 0.489 e. The van der Waals surface area contributed by atoms with E-state index in [2.05, 4.69) is 16.8 Å². The van der Waals surface area contributed by atoms with Gasteiger partial charge in [0.15, 0.2) is 0 Å². The zero-order chi connectivity index (χ0) is 17.5. The summed E-state index contributed by atoms with van der Waals surface area (Å²) in [6, 6.07) is 14.9. The van der Waals surface area contributed by atoms with Gasteiger partial charge in [0.1, 0.15) is 18.2 Å². The molecular weight excluding hydrogens is 315 g/mol. The van der Waals surface area contributed by atoms with Gasteiger partial charge in [0.05, 0.1) is 0 Å². The molecule has 0 bridgehead atoms. The summed E-state index contributed by atoms with van der Waals surface area (Å²) in [5.74, 6) is 0.424. The minimum absolute atomic E-state index is 0.245. The molecule has 134 valence electrons. The summed E-state index contributed by atoms with van der Waals surface area (Å²) in [4.78, 5) is 4.88. The Morgan fingerprint density at radius 1 is 1.00 bits per heavy atom. The minimum atomic E-state index is -0.245. The van der Waals surface area contributed by atoms with Gasteiger partial charge in [-0.05, 0) is 43.6 Å². The van der Waals surface area contributed by atoms with Crippen molar-refractivity contribution in [2.24, 2.45) is 0 Å². The zero-order valence-electron chi connectivity index (χ0n) is 15.0. The molecule has 0 atom stereocenters. The van der Waals surface area contributed by atoms with Crippen LogP contribution in [0.25, 0.3) is 0 Å². The molecule has 25 heavy (non-hydrogen) atoms. The van der Waals surface area contributed by atoms with Gasteiger partial charge in [-0.3, -0.25) is 0 Å². The van der Waals surface area contributed by atoms with Gasteiger partial charge in [0.2, 0.25) is 0 Å². The molecular formula is C21H27FN2O. The van der Waals surface area contributed by atoms with Crippen LogP contribution < -0.4 is 4.74 Å². The third-order valence-electron chi connectivity index (χ3n) is 4.78. The van der Waals surface area contributed by atoms with Gasteiger partial charge < -0.3 is 14.5 Å². The summed E-state index contributed by atoms with van der Waals surface area (Å²) in [7, 11) is 2.17. The number of piperazine rings is 1. The van der Waals surface area contributed by atoms with Gasteiger partial charge in [-0.25, -0.2) is 4.39 Å². The van der Waals surface area contributed by atoms with Gasteiger partial charge in [-0.1, -0.05) is 36.4 Å². The van der Waals surface area contributed by atoms with E-state index >= 15 is 0 Å². The van der Waals surface area contributed by atoms with E-state index in [-0.39, 0.29) is 5.82 Å². The van der Waals surface area contributed by atoms with Crippen molar-refractivity contribution < 1.29 is 9.13 Å². The van der Waals surface area contributed by atoms with Crippen molar-refractivity contribution in [1.82, 2.24) is 9.80 Å². The molecule has 0 aliphatic carbocycles. The van der Waals surface area contributed by atoms with Crippen LogP contribution in [0.1, 0.15) is 17.5 Å². The predicted octanol–water partition coefficient (Wildman–Crippen LogP) is 3.58. The van der Waals surface area contributed by atoms with E-state index in [1.165, 1.54) is 12.1 Å². The lowest BCUT2D eigenvalue weighted by Gasteiger charge is -2.32. The highest BCUT2D eigenvalue weighted by molar-refractivity contribution is 5.34. The molecule has 0 unspecified atom stereocenters. The Labute approximate surface area is 150 Å². The molecule has 1 heterocycles. The Balaban J connectivity index is 1.53. The first-order valence-electron chi connectivity index (χ1n) is 9.07. The molecule has 1 aliphatic heterocycles. The normalized spacial score (nSPS) is 16.1. The molecule has 3 rings (SSSR count). The first kappa shape index (κ1) is 17.9. The van der Waals surface area contributed by atoms with Crippen LogP contribution in [0.3, 0.4) is 0 Å². The third-order valence-corrected chi connectivity index (χ3v) is 4.78. The van der Waals surface area contributed by atoms with Crippen molar-refractivity contribution in [3.63, 3.8) is 0 Å². The van der Waals surface area contributed by atoms with Gasteiger partial charge in [-0.2, -0.15) is 0 Å². The Morgan fingerprint density at radius 2 is 1.76 bits per heavy atom. The quantitative estimate of drug-likeness (QED) is 0.765. The lowest BCUT2D eigenvalue weighted by Crippen LogP contribution is -2.44. The topological polar surface area (TPSA) is 15.7 Å². The molecule has 0 amide bonds. The average molecular weight is 342 g/mol. The van der Waals surface area contributed by atoms with Crippen LogP contribution in [0, 0.1) is 5.82 Å². The van der Waals surface area contributed by atoms with Crippen LogP contribution in [0.2, 0.25) is 0 Å². The highest BCUT2D eigenvalue weighted by atomic mass is 19.1. The Hall–Kier alpha value is -1.91. The number of nitrogens with zero attached hydrogens (tertiary/aromatic N) is 2. The molecule has 0 aromatic heterocycles. The average Bonchev–Trinajstić information content (AvgIpc) is 2.64. The first-order valence-corrected chi connectivity index (χ1v) is 9.07. The lowest BCUT2D eigenvalue weighted by atomic mass is 10.1. The van der Waals surface area contributed by atoms with Crippen molar-refractivity contribution in [2.45, 2.75) is 19.4 Å². The van der Waals surface area contributed by atoms with Crippen LogP contribution >= 0.6 is 0 Å². The van der Waals surface area contributed by atoms with E-state index in [4.69, 9.17) is 4.74 Å². The molecule has 0 spiro atoms. The number of hydrogen-bond acceptors (Lipinski definition) is 3. The van der Waals surface area contributed by atoms with Crippen LogP contribution in [0.15, 0.2) is 48.5 Å². The van der Waals surface area contributed by atoms with Crippen molar-refractivity contribution >= 4 is 0 Å². The second-order valence-electron chi connectivity index (χ2n) is 6.77. The molecule has 2 aromatic carbocycles. The lowest BCUT2D eigenvalue weighted by molar-refractivity contribution is 0.153. The zero-order valence-corrected chi connectivity index (χ0v) is 15.0. The number of hydrogen-bond donors (Lipinski definition) is 0. The van der Waals surface area contributed by atoms with Crippen molar-refractivity contribution in [3.05, 3.63) is 65.5 Å². The van der Waals surface area contributed by atoms with Crippen LogP contribution in [0.5, 0.6) is 5.75 Å². The van der Waals surface area contributed by atoms with Gasteiger partial charge >= 0.3 is 0 Å². The fraction of sp³-hybridized carbons (Fsp3) is 0.429. The molecule has 1 aliphatic rings. The first-order chi connectivity index (χ1) is 12.2. The Morgan fingerprint density at radius 3 is 2.52 bits per heavy atom. The highest BCUT2D eigenvalue weighted by Gasteiger charge is 2.13. The molecule has 2 aromatic rings. The summed E-state index contributed by atoms with van der Waals surface area (Å²) < 4.78 is 19.5. The SMILES string of the molecule is CN1CCN(CCCc2ccc(F)cc2OCc2ccccc2)CC1. The van der Waals surface area contributed by atoms with E-state index in [0.717, 1.165) is 56.7 Å². The van der Waals surface area contributed by atoms with E-state index in [1.54, 1.807) is 0 Å². The van der Waals surface area contributed by atoms with Crippen molar-refractivity contribution in [3.8, 4) is 5.75 Å². The Bertz CT molecular complexity index is 654.